The van der Waals surface area contributed by atoms with Crippen LogP contribution in [0.3, 0.4) is 0 Å². The highest BCUT2D eigenvalue weighted by Crippen LogP contribution is 2.16. The van der Waals surface area contributed by atoms with E-state index in [1.807, 2.05) is 31.2 Å². The molecule has 0 saturated heterocycles. The SMILES string of the molecule is Cc1c[nH]cc1C(=O)N(CCC(=O)O)Cc1cccc(Br)c1. The lowest BCUT2D eigenvalue weighted by atomic mass is 10.1. The van der Waals surface area contributed by atoms with Gasteiger partial charge in [0.15, 0.2) is 0 Å². The van der Waals surface area contributed by atoms with Gasteiger partial charge in [-0.15, -0.1) is 0 Å². The topological polar surface area (TPSA) is 73.4 Å². The van der Waals surface area contributed by atoms with Crippen molar-refractivity contribution in [3.63, 3.8) is 0 Å². The number of carboxylic acid groups (broad SMARTS) is 1. The van der Waals surface area contributed by atoms with Crippen LogP contribution in [0.4, 0.5) is 0 Å². The van der Waals surface area contributed by atoms with Gasteiger partial charge in [0.1, 0.15) is 0 Å². The number of benzene rings is 1. The van der Waals surface area contributed by atoms with Crippen LogP contribution in [0.5, 0.6) is 0 Å². The molecule has 5 nitrogen and oxygen atoms in total. The highest BCUT2D eigenvalue weighted by atomic mass is 79.9. The van der Waals surface area contributed by atoms with Crippen molar-refractivity contribution in [3.8, 4) is 0 Å². The summed E-state index contributed by atoms with van der Waals surface area (Å²) in [7, 11) is 0. The number of carbonyl (C=O) groups excluding carboxylic acids is 1. The van der Waals surface area contributed by atoms with Crippen LogP contribution in [0.2, 0.25) is 0 Å². The van der Waals surface area contributed by atoms with Gasteiger partial charge in [0, 0.05) is 30.0 Å². The molecule has 2 N–H and O–H groups in total. The summed E-state index contributed by atoms with van der Waals surface area (Å²) in [5.74, 6) is -1.09. The van der Waals surface area contributed by atoms with E-state index in [1.165, 1.54) is 0 Å². The first-order valence-corrected chi connectivity index (χ1v) is 7.65. The molecule has 1 heterocycles. The minimum Gasteiger partial charge on any atom is -0.481 e. The fraction of sp³-hybridized carbons (Fsp3) is 0.250. The summed E-state index contributed by atoms with van der Waals surface area (Å²) in [6.07, 6.45) is 3.32. The molecule has 0 aliphatic heterocycles. The predicted octanol–water partition coefficient (Wildman–Crippen LogP) is 3.20. The van der Waals surface area contributed by atoms with E-state index in [4.69, 9.17) is 5.11 Å². The van der Waals surface area contributed by atoms with Crippen LogP contribution in [-0.4, -0.2) is 33.4 Å². The van der Waals surface area contributed by atoms with Gasteiger partial charge in [0.25, 0.3) is 5.91 Å². The lowest BCUT2D eigenvalue weighted by molar-refractivity contribution is -0.137. The van der Waals surface area contributed by atoms with Crippen LogP contribution in [0, 0.1) is 6.92 Å². The van der Waals surface area contributed by atoms with Gasteiger partial charge in [-0.05, 0) is 30.2 Å². The number of rotatable bonds is 6. The van der Waals surface area contributed by atoms with Gasteiger partial charge >= 0.3 is 5.97 Å². The van der Waals surface area contributed by atoms with Crippen molar-refractivity contribution in [2.45, 2.75) is 19.9 Å². The van der Waals surface area contributed by atoms with E-state index in [2.05, 4.69) is 20.9 Å². The highest BCUT2D eigenvalue weighted by Gasteiger charge is 2.19. The molecule has 0 unspecified atom stereocenters. The molecular formula is C16H17BrN2O3. The molecule has 0 radical (unpaired) electrons. The third-order valence-electron chi connectivity index (χ3n) is 3.33. The molecule has 116 valence electrons. The van der Waals surface area contributed by atoms with Crippen molar-refractivity contribution in [3.05, 3.63) is 57.8 Å². The molecule has 0 spiro atoms. The first-order valence-electron chi connectivity index (χ1n) is 6.86. The number of nitrogens with zero attached hydrogens (tertiary/aromatic N) is 1. The van der Waals surface area contributed by atoms with Crippen LogP contribution >= 0.6 is 15.9 Å². The Bertz CT molecular complexity index is 682. The monoisotopic (exact) mass is 364 g/mol. The summed E-state index contributed by atoms with van der Waals surface area (Å²) < 4.78 is 0.924. The van der Waals surface area contributed by atoms with E-state index >= 15 is 0 Å². The molecule has 22 heavy (non-hydrogen) atoms. The van der Waals surface area contributed by atoms with Crippen LogP contribution in [0.15, 0.2) is 41.1 Å². The first kappa shape index (κ1) is 16.3. The van der Waals surface area contributed by atoms with Crippen molar-refractivity contribution in [2.24, 2.45) is 0 Å². The molecule has 0 fully saturated rings. The second kappa shape index (κ2) is 7.26. The number of H-pyrrole nitrogens is 1. The number of carboxylic acids is 1. The van der Waals surface area contributed by atoms with Gasteiger partial charge in [-0.2, -0.15) is 0 Å². The molecule has 1 amide bonds. The van der Waals surface area contributed by atoms with Crippen molar-refractivity contribution in [1.29, 1.82) is 0 Å². The molecule has 0 aliphatic rings. The van der Waals surface area contributed by atoms with Gasteiger partial charge in [-0.3, -0.25) is 9.59 Å². The first-order chi connectivity index (χ1) is 10.5. The summed E-state index contributed by atoms with van der Waals surface area (Å²) in [5.41, 5.74) is 2.36. The number of aromatic nitrogens is 1. The summed E-state index contributed by atoms with van der Waals surface area (Å²) >= 11 is 3.40. The normalized spacial score (nSPS) is 10.5. The van der Waals surface area contributed by atoms with Crippen LogP contribution in [0.1, 0.15) is 27.9 Å². The zero-order valence-electron chi connectivity index (χ0n) is 12.2. The Labute approximate surface area is 137 Å². The van der Waals surface area contributed by atoms with E-state index in [9.17, 15) is 9.59 Å². The van der Waals surface area contributed by atoms with Gasteiger partial charge < -0.3 is 15.0 Å². The molecule has 0 atom stereocenters. The number of nitrogens with one attached hydrogen (secondary N) is 1. The third-order valence-corrected chi connectivity index (χ3v) is 3.82. The van der Waals surface area contributed by atoms with Gasteiger partial charge in [-0.25, -0.2) is 0 Å². The van der Waals surface area contributed by atoms with Gasteiger partial charge in [0.2, 0.25) is 0 Å². The third kappa shape index (κ3) is 4.21. The Morgan fingerprint density at radius 2 is 2.09 bits per heavy atom. The van der Waals surface area contributed by atoms with E-state index in [0.717, 1.165) is 15.6 Å². The molecule has 1 aromatic heterocycles. The average Bonchev–Trinajstić information content (AvgIpc) is 2.88. The molecule has 0 bridgehead atoms. The number of halogens is 1. The van der Waals surface area contributed by atoms with E-state index < -0.39 is 5.97 Å². The number of carbonyl (C=O) groups is 2. The van der Waals surface area contributed by atoms with Gasteiger partial charge in [0.05, 0.1) is 12.0 Å². The maximum Gasteiger partial charge on any atom is 0.305 e. The summed E-state index contributed by atoms with van der Waals surface area (Å²) in [4.78, 5) is 27.9. The Morgan fingerprint density at radius 3 is 2.68 bits per heavy atom. The number of aryl methyl sites for hydroxylation is 1. The second-order valence-electron chi connectivity index (χ2n) is 5.05. The molecule has 0 aliphatic carbocycles. The minimum absolute atomic E-state index is 0.0801. The highest BCUT2D eigenvalue weighted by molar-refractivity contribution is 9.10. The largest absolute Gasteiger partial charge is 0.481 e. The summed E-state index contributed by atoms with van der Waals surface area (Å²) in [5, 5.41) is 8.89. The minimum atomic E-state index is -0.919. The fourth-order valence-corrected chi connectivity index (χ4v) is 2.63. The molecule has 2 aromatic rings. The molecule has 1 aromatic carbocycles. The zero-order valence-corrected chi connectivity index (χ0v) is 13.8. The number of aliphatic carboxylic acids is 1. The van der Waals surface area contributed by atoms with Crippen LogP contribution in [0.25, 0.3) is 0 Å². The zero-order chi connectivity index (χ0) is 16.1. The lowest BCUT2D eigenvalue weighted by Crippen LogP contribution is -2.32. The van der Waals surface area contributed by atoms with E-state index in [1.54, 1.807) is 17.3 Å². The summed E-state index contributed by atoms with van der Waals surface area (Å²) in [6, 6.07) is 7.63. The maximum absolute atomic E-state index is 12.6. The average molecular weight is 365 g/mol. The van der Waals surface area contributed by atoms with Crippen molar-refractivity contribution in [2.75, 3.05) is 6.54 Å². The lowest BCUT2D eigenvalue weighted by Gasteiger charge is -2.22. The molecule has 6 heteroatoms. The molecule has 2 rings (SSSR count). The van der Waals surface area contributed by atoms with Crippen molar-refractivity contribution < 1.29 is 14.7 Å². The van der Waals surface area contributed by atoms with Crippen molar-refractivity contribution >= 4 is 27.8 Å². The second-order valence-corrected chi connectivity index (χ2v) is 5.97. The number of amides is 1. The predicted molar refractivity (Wildman–Crippen MR) is 86.7 cm³/mol. The van der Waals surface area contributed by atoms with Crippen LogP contribution in [-0.2, 0) is 11.3 Å². The number of aromatic amines is 1. The quantitative estimate of drug-likeness (QED) is 0.826. The number of hydrogen-bond donors (Lipinski definition) is 2. The van der Waals surface area contributed by atoms with Gasteiger partial charge in [-0.1, -0.05) is 28.1 Å². The smallest absolute Gasteiger partial charge is 0.305 e. The Hall–Kier alpha value is -2.08. The van der Waals surface area contributed by atoms with E-state index in [-0.39, 0.29) is 18.9 Å². The molecule has 0 saturated carbocycles. The Morgan fingerprint density at radius 1 is 1.32 bits per heavy atom. The van der Waals surface area contributed by atoms with Crippen molar-refractivity contribution in [1.82, 2.24) is 9.88 Å². The van der Waals surface area contributed by atoms with Crippen LogP contribution < -0.4 is 0 Å². The Kier molecular flexibility index (Phi) is 5.38. The summed E-state index contributed by atoms with van der Waals surface area (Å²) in [6.45, 7) is 2.39. The number of hydrogen-bond acceptors (Lipinski definition) is 2. The van der Waals surface area contributed by atoms with E-state index in [0.29, 0.717) is 12.1 Å². The maximum atomic E-state index is 12.6. The molecular weight excluding hydrogens is 348 g/mol. The Balaban J connectivity index is 2.20. The standard InChI is InChI=1S/C16H17BrN2O3/c1-11-8-18-9-14(11)16(22)19(6-5-15(20)21)10-12-3-2-4-13(17)7-12/h2-4,7-9,18H,5-6,10H2,1H3,(H,20,21). The fourth-order valence-electron chi connectivity index (χ4n) is 2.18.